The lowest BCUT2D eigenvalue weighted by Gasteiger charge is -2.22. The molecule has 2 aromatic heterocycles. The lowest BCUT2D eigenvalue weighted by molar-refractivity contribution is 0.111. The number of hydrogen-bond donors (Lipinski definition) is 1. The van der Waals surface area contributed by atoms with Crippen LogP contribution in [-0.2, 0) is 6.54 Å². The normalized spacial score (nSPS) is 14.6. The van der Waals surface area contributed by atoms with E-state index in [0.29, 0.717) is 18.6 Å². The Balaban J connectivity index is 1.86. The third-order valence-corrected chi connectivity index (χ3v) is 4.49. The smallest absolute Gasteiger partial charge is 0.157 e. The molecule has 0 radical (unpaired) electrons. The zero-order valence-electron chi connectivity index (χ0n) is 14.4. The van der Waals surface area contributed by atoms with Gasteiger partial charge in [-0.15, -0.1) is 0 Å². The number of aldehydes is 1. The third-order valence-electron chi connectivity index (χ3n) is 4.49. The molecule has 6 nitrogen and oxygen atoms in total. The van der Waals surface area contributed by atoms with Crippen LogP contribution < -0.4 is 4.74 Å². The van der Waals surface area contributed by atoms with E-state index >= 15 is 0 Å². The molecule has 1 aliphatic carbocycles. The largest absolute Gasteiger partial charge is 0.505 e. The summed E-state index contributed by atoms with van der Waals surface area (Å²) >= 11 is 0. The van der Waals surface area contributed by atoms with Gasteiger partial charge in [-0.25, -0.2) is 0 Å². The lowest BCUT2D eigenvalue weighted by atomic mass is 9.90. The van der Waals surface area contributed by atoms with Gasteiger partial charge in [-0.1, -0.05) is 6.92 Å². The summed E-state index contributed by atoms with van der Waals surface area (Å²) in [7, 11) is 0. The predicted molar refractivity (Wildman–Crippen MR) is 94.7 cm³/mol. The van der Waals surface area contributed by atoms with Crippen LogP contribution in [0, 0.1) is 0 Å². The van der Waals surface area contributed by atoms with Gasteiger partial charge in [-0.2, -0.15) is 5.10 Å². The van der Waals surface area contributed by atoms with Gasteiger partial charge in [0.05, 0.1) is 18.1 Å². The summed E-state index contributed by atoms with van der Waals surface area (Å²) in [6.45, 7) is 3.42. The highest BCUT2D eigenvalue weighted by Gasteiger charge is 2.19. The van der Waals surface area contributed by atoms with Crippen molar-refractivity contribution in [1.29, 1.82) is 0 Å². The average Bonchev–Trinajstić information content (AvgIpc) is 3.08. The van der Waals surface area contributed by atoms with E-state index in [1.807, 2.05) is 10.9 Å². The summed E-state index contributed by atoms with van der Waals surface area (Å²) in [6, 6.07) is 2.06. The number of aromatic hydroxyl groups is 1. The molecule has 132 valence electrons. The number of carbonyl (C=O) groups is 1. The monoisotopic (exact) mass is 341 g/mol. The molecule has 0 fully saturated rings. The van der Waals surface area contributed by atoms with E-state index < -0.39 is 0 Å². The second kappa shape index (κ2) is 7.96. The van der Waals surface area contributed by atoms with Gasteiger partial charge in [0.15, 0.2) is 12.0 Å². The summed E-state index contributed by atoms with van der Waals surface area (Å²) in [5, 5.41) is 14.2. The number of nitrogens with zero attached hydrogens (tertiary/aromatic N) is 3. The Kier molecular flexibility index (Phi) is 5.48. The second-order valence-electron chi connectivity index (χ2n) is 6.21. The van der Waals surface area contributed by atoms with Crippen molar-refractivity contribution >= 4 is 11.9 Å². The van der Waals surface area contributed by atoms with Crippen molar-refractivity contribution in [2.75, 3.05) is 6.61 Å². The summed E-state index contributed by atoms with van der Waals surface area (Å²) in [5.74, 6) is 0.154. The highest BCUT2D eigenvalue weighted by molar-refractivity contribution is 5.82. The molecule has 2 aromatic rings. The summed E-state index contributed by atoms with van der Waals surface area (Å²) < 4.78 is 7.88. The maximum atomic E-state index is 11.2. The molecule has 0 saturated heterocycles. The Bertz CT molecular complexity index is 780. The van der Waals surface area contributed by atoms with Gasteiger partial charge in [0.1, 0.15) is 17.9 Å². The Labute approximate surface area is 147 Å². The van der Waals surface area contributed by atoms with Crippen LogP contribution >= 0.6 is 0 Å². The van der Waals surface area contributed by atoms with E-state index in [9.17, 15) is 9.90 Å². The van der Waals surface area contributed by atoms with Gasteiger partial charge in [-0.3, -0.25) is 14.5 Å². The molecule has 0 bridgehead atoms. The first-order valence-electron chi connectivity index (χ1n) is 8.72. The number of pyridine rings is 1. The standard InChI is InChI=1S/C19H23N3O3/c1-2-9-22-17(7-8-21-22)15-6-4-3-5-14(15)13-25-19-11-20-10-18(24)16(19)12-23/h7-8,10-12,24H,2-6,9,13H2,1H3. The van der Waals surface area contributed by atoms with E-state index in [2.05, 4.69) is 23.1 Å². The van der Waals surface area contributed by atoms with Crippen LogP contribution in [0.1, 0.15) is 55.1 Å². The zero-order valence-corrected chi connectivity index (χ0v) is 14.4. The fourth-order valence-electron chi connectivity index (χ4n) is 3.25. The molecule has 2 heterocycles. The van der Waals surface area contributed by atoms with E-state index in [1.165, 1.54) is 23.5 Å². The van der Waals surface area contributed by atoms with Crippen molar-refractivity contribution in [2.24, 2.45) is 0 Å². The summed E-state index contributed by atoms with van der Waals surface area (Å²) in [6.07, 6.45) is 10.4. The Morgan fingerprint density at radius 2 is 2.16 bits per heavy atom. The molecule has 0 atom stereocenters. The number of aromatic nitrogens is 3. The Hall–Kier alpha value is -2.63. The van der Waals surface area contributed by atoms with Gasteiger partial charge >= 0.3 is 0 Å². The van der Waals surface area contributed by atoms with Crippen LogP contribution in [0.4, 0.5) is 0 Å². The number of hydrogen-bond acceptors (Lipinski definition) is 5. The molecule has 0 spiro atoms. The molecule has 0 amide bonds. The van der Waals surface area contributed by atoms with Gasteiger partial charge in [0.25, 0.3) is 0 Å². The fourth-order valence-corrected chi connectivity index (χ4v) is 3.25. The minimum atomic E-state index is -0.161. The summed E-state index contributed by atoms with van der Waals surface area (Å²) in [4.78, 5) is 15.1. The van der Waals surface area contributed by atoms with Crippen molar-refractivity contribution in [2.45, 2.75) is 45.6 Å². The van der Waals surface area contributed by atoms with Crippen LogP contribution in [0.25, 0.3) is 5.57 Å². The topological polar surface area (TPSA) is 77.2 Å². The number of rotatable bonds is 7. The lowest BCUT2D eigenvalue weighted by Crippen LogP contribution is -2.12. The Morgan fingerprint density at radius 1 is 1.32 bits per heavy atom. The van der Waals surface area contributed by atoms with E-state index in [-0.39, 0.29) is 11.3 Å². The van der Waals surface area contributed by atoms with Crippen molar-refractivity contribution in [3.05, 3.63) is 41.5 Å². The zero-order chi connectivity index (χ0) is 17.6. The average molecular weight is 341 g/mol. The molecule has 0 aliphatic heterocycles. The number of ether oxygens (including phenoxy) is 1. The van der Waals surface area contributed by atoms with Crippen LogP contribution in [0.15, 0.2) is 30.2 Å². The number of carbonyl (C=O) groups excluding carboxylic acids is 1. The summed E-state index contributed by atoms with van der Waals surface area (Å²) in [5.41, 5.74) is 3.82. The molecule has 1 aliphatic rings. The number of allylic oxidation sites excluding steroid dienone is 1. The maximum Gasteiger partial charge on any atom is 0.157 e. The van der Waals surface area contributed by atoms with Gasteiger partial charge in [0, 0.05) is 12.7 Å². The fraction of sp³-hybridized carbons (Fsp3) is 0.421. The van der Waals surface area contributed by atoms with Crippen LogP contribution in [0.3, 0.4) is 0 Å². The molecule has 3 rings (SSSR count). The quantitative estimate of drug-likeness (QED) is 0.778. The van der Waals surface area contributed by atoms with E-state index in [1.54, 1.807) is 0 Å². The van der Waals surface area contributed by atoms with Crippen LogP contribution in [0.5, 0.6) is 11.5 Å². The first-order valence-corrected chi connectivity index (χ1v) is 8.72. The van der Waals surface area contributed by atoms with Crippen LogP contribution in [0.2, 0.25) is 0 Å². The van der Waals surface area contributed by atoms with Crippen molar-refractivity contribution in [3.63, 3.8) is 0 Å². The van der Waals surface area contributed by atoms with Gasteiger partial charge < -0.3 is 9.84 Å². The van der Waals surface area contributed by atoms with Crippen LogP contribution in [-0.4, -0.2) is 32.8 Å². The van der Waals surface area contributed by atoms with E-state index in [0.717, 1.165) is 44.3 Å². The highest BCUT2D eigenvalue weighted by Crippen LogP contribution is 2.33. The minimum absolute atomic E-state index is 0.143. The first-order chi connectivity index (χ1) is 12.2. The van der Waals surface area contributed by atoms with Crippen molar-refractivity contribution in [3.8, 4) is 11.5 Å². The van der Waals surface area contributed by atoms with E-state index in [4.69, 9.17) is 4.74 Å². The molecule has 6 heteroatoms. The molecular weight excluding hydrogens is 318 g/mol. The number of aryl methyl sites for hydroxylation is 1. The second-order valence-corrected chi connectivity index (χ2v) is 6.21. The molecule has 0 aromatic carbocycles. The van der Waals surface area contributed by atoms with Crippen molar-refractivity contribution < 1.29 is 14.6 Å². The molecular formula is C19H23N3O3. The van der Waals surface area contributed by atoms with Crippen molar-refractivity contribution in [1.82, 2.24) is 14.8 Å². The predicted octanol–water partition coefficient (Wildman–Crippen LogP) is 3.61. The van der Waals surface area contributed by atoms with Gasteiger partial charge in [0.2, 0.25) is 0 Å². The van der Waals surface area contributed by atoms with Gasteiger partial charge in [-0.05, 0) is 49.3 Å². The Morgan fingerprint density at radius 3 is 2.96 bits per heavy atom. The molecule has 0 saturated carbocycles. The first kappa shape index (κ1) is 17.2. The minimum Gasteiger partial charge on any atom is -0.505 e. The third kappa shape index (κ3) is 3.73. The maximum absolute atomic E-state index is 11.2. The SMILES string of the molecule is CCCn1nccc1C1=C(COc2cncc(O)c2C=O)CCCC1. The highest BCUT2D eigenvalue weighted by atomic mass is 16.5. The molecule has 25 heavy (non-hydrogen) atoms. The molecule has 1 N–H and O–H groups in total. The molecule has 0 unspecified atom stereocenters.